The number of rotatable bonds is 5. The van der Waals surface area contributed by atoms with E-state index in [9.17, 15) is 14.9 Å². The average Bonchev–Trinajstić information content (AvgIpc) is 2.95. The summed E-state index contributed by atoms with van der Waals surface area (Å²) in [6.07, 6.45) is 0. The Morgan fingerprint density at radius 2 is 2.24 bits per heavy atom. The molecule has 1 saturated heterocycles. The molecule has 1 heterocycles. The van der Waals surface area contributed by atoms with Gasteiger partial charge < -0.3 is 20.1 Å². The molecular weight excluding hydrogens is 278 g/mol. The molecule has 0 aliphatic carbocycles. The summed E-state index contributed by atoms with van der Waals surface area (Å²) in [6.45, 7) is 0.799. The third-order valence-electron chi connectivity index (χ3n) is 3.43. The van der Waals surface area contributed by atoms with Crippen LogP contribution in [0.1, 0.15) is 0 Å². The zero-order valence-electron chi connectivity index (χ0n) is 11.8. The fourth-order valence-corrected chi connectivity index (χ4v) is 2.24. The lowest BCUT2D eigenvalue weighted by molar-refractivity contribution is -0.385. The van der Waals surface area contributed by atoms with Crippen LogP contribution in [-0.4, -0.2) is 44.2 Å². The summed E-state index contributed by atoms with van der Waals surface area (Å²) in [6, 6.07) is 4.24. The number of ether oxygens (including phenoxy) is 2. The molecule has 1 amide bonds. The molecule has 21 heavy (non-hydrogen) atoms. The van der Waals surface area contributed by atoms with Gasteiger partial charge in [-0.25, -0.2) is 0 Å². The number of carbonyl (C=O) groups excluding carboxylic acids is 1. The molecule has 2 N–H and O–H groups in total. The van der Waals surface area contributed by atoms with Gasteiger partial charge in [0.15, 0.2) is 5.75 Å². The second-order valence-corrected chi connectivity index (χ2v) is 4.67. The van der Waals surface area contributed by atoms with Crippen LogP contribution < -0.4 is 15.4 Å². The van der Waals surface area contributed by atoms with Crippen LogP contribution in [-0.2, 0) is 9.53 Å². The van der Waals surface area contributed by atoms with Crippen molar-refractivity contribution in [3.8, 4) is 5.75 Å². The van der Waals surface area contributed by atoms with Crippen LogP contribution >= 0.6 is 0 Å². The first kappa shape index (κ1) is 15.2. The highest BCUT2D eigenvalue weighted by molar-refractivity contribution is 5.93. The highest BCUT2D eigenvalue weighted by Crippen LogP contribution is 2.30. The fourth-order valence-electron chi connectivity index (χ4n) is 2.24. The van der Waals surface area contributed by atoms with Crippen molar-refractivity contribution < 1.29 is 19.2 Å². The number of anilines is 1. The van der Waals surface area contributed by atoms with E-state index in [4.69, 9.17) is 9.47 Å². The number of nitro groups is 1. The molecule has 0 spiro atoms. The minimum Gasteiger partial charge on any atom is -0.490 e. The van der Waals surface area contributed by atoms with E-state index in [-0.39, 0.29) is 29.3 Å². The minimum absolute atomic E-state index is 0.0572. The Bertz CT molecular complexity index is 549. The topological polar surface area (TPSA) is 103 Å². The molecule has 1 aliphatic heterocycles. The van der Waals surface area contributed by atoms with Crippen molar-refractivity contribution in [2.75, 3.05) is 32.7 Å². The van der Waals surface area contributed by atoms with Gasteiger partial charge in [-0.15, -0.1) is 0 Å². The Hall–Kier alpha value is -2.19. The molecule has 1 aromatic rings. The van der Waals surface area contributed by atoms with E-state index >= 15 is 0 Å². The Morgan fingerprint density at radius 3 is 2.86 bits per heavy atom. The van der Waals surface area contributed by atoms with Crippen molar-refractivity contribution in [3.63, 3.8) is 0 Å². The van der Waals surface area contributed by atoms with Crippen LogP contribution in [0.3, 0.4) is 0 Å². The predicted molar refractivity (Wildman–Crippen MR) is 75.4 cm³/mol. The molecule has 0 bridgehead atoms. The van der Waals surface area contributed by atoms with Crippen LogP contribution in [0.2, 0.25) is 0 Å². The minimum atomic E-state index is -0.552. The van der Waals surface area contributed by atoms with E-state index in [0.29, 0.717) is 18.9 Å². The van der Waals surface area contributed by atoms with E-state index in [2.05, 4.69) is 10.6 Å². The predicted octanol–water partition coefficient (Wildman–Crippen LogP) is 0.776. The monoisotopic (exact) mass is 295 g/mol. The largest absolute Gasteiger partial charge is 0.490 e. The number of methoxy groups -OCH3 is 1. The zero-order chi connectivity index (χ0) is 15.4. The maximum atomic E-state index is 12.2. The third kappa shape index (κ3) is 3.29. The van der Waals surface area contributed by atoms with Gasteiger partial charge in [0.05, 0.1) is 31.2 Å². The molecule has 2 rings (SSSR count). The van der Waals surface area contributed by atoms with E-state index in [1.807, 2.05) is 0 Å². The van der Waals surface area contributed by atoms with Crippen molar-refractivity contribution in [2.24, 2.45) is 5.92 Å². The molecule has 8 heteroatoms. The number of nitro benzene ring substituents is 1. The SMILES string of the molecule is CNC1COCC1C(=O)Nc1ccc(OC)c([N+](=O)[O-])c1. The van der Waals surface area contributed by atoms with Crippen molar-refractivity contribution in [1.29, 1.82) is 0 Å². The third-order valence-corrected chi connectivity index (χ3v) is 3.43. The summed E-state index contributed by atoms with van der Waals surface area (Å²) in [5.74, 6) is -0.405. The van der Waals surface area contributed by atoms with Gasteiger partial charge in [-0.05, 0) is 19.2 Å². The van der Waals surface area contributed by atoms with Gasteiger partial charge in [-0.3, -0.25) is 14.9 Å². The number of benzene rings is 1. The molecule has 0 radical (unpaired) electrons. The summed E-state index contributed by atoms with van der Waals surface area (Å²) in [4.78, 5) is 22.6. The maximum Gasteiger partial charge on any atom is 0.312 e. The van der Waals surface area contributed by atoms with Crippen LogP contribution in [0.25, 0.3) is 0 Å². The first-order valence-electron chi connectivity index (χ1n) is 6.45. The second kappa shape index (κ2) is 6.51. The van der Waals surface area contributed by atoms with E-state index < -0.39 is 4.92 Å². The summed E-state index contributed by atoms with van der Waals surface area (Å²) in [7, 11) is 3.12. The normalized spacial score (nSPS) is 21.0. The summed E-state index contributed by atoms with van der Waals surface area (Å²) in [5, 5.41) is 16.6. The van der Waals surface area contributed by atoms with Crippen molar-refractivity contribution in [3.05, 3.63) is 28.3 Å². The average molecular weight is 295 g/mol. The molecule has 1 aliphatic rings. The van der Waals surface area contributed by atoms with Crippen LogP contribution in [0, 0.1) is 16.0 Å². The Kier molecular flexibility index (Phi) is 4.71. The number of nitrogens with one attached hydrogen (secondary N) is 2. The number of hydrogen-bond acceptors (Lipinski definition) is 6. The summed E-state index contributed by atoms with van der Waals surface area (Å²) >= 11 is 0. The van der Waals surface area contributed by atoms with Gasteiger partial charge in [0.25, 0.3) is 0 Å². The van der Waals surface area contributed by atoms with E-state index in [0.717, 1.165) is 0 Å². The molecular formula is C13H17N3O5. The summed E-state index contributed by atoms with van der Waals surface area (Å²) < 4.78 is 10.2. The number of likely N-dealkylation sites (N-methyl/N-ethyl adjacent to an activating group) is 1. The van der Waals surface area contributed by atoms with Crippen LogP contribution in [0.15, 0.2) is 18.2 Å². The Morgan fingerprint density at radius 1 is 1.48 bits per heavy atom. The smallest absolute Gasteiger partial charge is 0.312 e. The number of hydrogen-bond donors (Lipinski definition) is 2. The molecule has 0 saturated carbocycles. The highest BCUT2D eigenvalue weighted by atomic mass is 16.6. The van der Waals surface area contributed by atoms with E-state index in [1.165, 1.54) is 19.2 Å². The molecule has 0 aromatic heterocycles. The Balaban J connectivity index is 2.14. The molecule has 1 aromatic carbocycles. The van der Waals surface area contributed by atoms with E-state index in [1.54, 1.807) is 13.1 Å². The van der Waals surface area contributed by atoms with Gasteiger partial charge in [0, 0.05) is 17.8 Å². The van der Waals surface area contributed by atoms with Gasteiger partial charge in [-0.2, -0.15) is 0 Å². The fraction of sp³-hybridized carbons (Fsp3) is 0.462. The maximum absolute atomic E-state index is 12.2. The lowest BCUT2D eigenvalue weighted by Crippen LogP contribution is -2.39. The van der Waals surface area contributed by atoms with Gasteiger partial charge >= 0.3 is 5.69 Å². The lowest BCUT2D eigenvalue weighted by Gasteiger charge is -2.16. The van der Waals surface area contributed by atoms with Crippen LogP contribution in [0.4, 0.5) is 11.4 Å². The second-order valence-electron chi connectivity index (χ2n) is 4.67. The van der Waals surface area contributed by atoms with Gasteiger partial charge in [0.1, 0.15) is 0 Å². The molecule has 1 fully saturated rings. The van der Waals surface area contributed by atoms with Gasteiger partial charge in [-0.1, -0.05) is 0 Å². The number of amides is 1. The van der Waals surface area contributed by atoms with Crippen molar-refractivity contribution >= 4 is 17.3 Å². The first-order chi connectivity index (χ1) is 10.1. The van der Waals surface area contributed by atoms with Crippen molar-refractivity contribution in [2.45, 2.75) is 6.04 Å². The van der Waals surface area contributed by atoms with Crippen LogP contribution in [0.5, 0.6) is 5.75 Å². The first-order valence-corrected chi connectivity index (χ1v) is 6.45. The van der Waals surface area contributed by atoms with Crippen molar-refractivity contribution in [1.82, 2.24) is 5.32 Å². The lowest BCUT2D eigenvalue weighted by atomic mass is 10.0. The molecule has 8 nitrogen and oxygen atoms in total. The molecule has 114 valence electrons. The number of nitrogens with zero attached hydrogens (tertiary/aromatic N) is 1. The summed E-state index contributed by atoms with van der Waals surface area (Å²) in [5.41, 5.74) is 0.164. The molecule has 2 unspecified atom stereocenters. The van der Waals surface area contributed by atoms with Gasteiger partial charge in [0.2, 0.25) is 5.91 Å². The molecule has 2 atom stereocenters. The Labute approximate surface area is 121 Å². The zero-order valence-corrected chi connectivity index (χ0v) is 11.8. The standard InChI is InChI=1S/C13H17N3O5/c1-14-10-7-21-6-9(10)13(17)15-8-3-4-12(20-2)11(5-8)16(18)19/h3-5,9-10,14H,6-7H2,1-2H3,(H,15,17). The number of carbonyl (C=O) groups is 1. The quantitative estimate of drug-likeness (QED) is 0.614. The highest BCUT2D eigenvalue weighted by Gasteiger charge is 2.33.